The lowest BCUT2D eigenvalue weighted by atomic mass is 9.87. The number of methoxy groups -OCH3 is 1. The van der Waals surface area contributed by atoms with Crippen LogP contribution in [0, 0.1) is 0 Å². The molecule has 224 valence electrons. The monoisotopic (exact) mass is 586 g/mol. The molecule has 3 aromatic heterocycles. The van der Waals surface area contributed by atoms with Crippen molar-refractivity contribution < 1.29 is 14.2 Å². The van der Waals surface area contributed by atoms with Gasteiger partial charge in [0.05, 0.1) is 19.8 Å². The molecular weight excluding hydrogens is 548 g/mol. The third kappa shape index (κ3) is 5.09. The maximum atomic E-state index is 5.92. The number of morpholine rings is 1. The number of nitrogens with zero attached hydrogens (tertiary/aromatic N) is 3. The predicted molar refractivity (Wildman–Crippen MR) is 173 cm³/mol. The maximum Gasteiger partial charge on any atom is 0.145 e. The van der Waals surface area contributed by atoms with Gasteiger partial charge in [0.2, 0.25) is 0 Å². The summed E-state index contributed by atoms with van der Waals surface area (Å²) in [5.74, 6) is 0.757. The van der Waals surface area contributed by atoms with Gasteiger partial charge < -0.3 is 19.2 Å². The number of aromatic nitrogens is 3. The summed E-state index contributed by atoms with van der Waals surface area (Å²) in [6, 6.07) is 23.7. The summed E-state index contributed by atoms with van der Waals surface area (Å²) < 4.78 is 16.8. The Bertz CT molecular complexity index is 1770. The van der Waals surface area contributed by atoms with Crippen LogP contribution in [0.1, 0.15) is 30.4 Å². The van der Waals surface area contributed by atoms with Crippen LogP contribution in [0.25, 0.3) is 44.5 Å². The summed E-state index contributed by atoms with van der Waals surface area (Å²) in [6.07, 6.45) is 12.0. The molecule has 44 heavy (non-hydrogen) atoms. The Hall–Kier alpha value is -4.04. The zero-order valence-electron chi connectivity index (χ0n) is 25.2. The lowest BCUT2D eigenvalue weighted by Gasteiger charge is -2.56. The molecule has 0 saturated carbocycles. The molecule has 2 aromatic carbocycles. The van der Waals surface area contributed by atoms with E-state index in [0.717, 1.165) is 70.8 Å². The van der Waals surface area contributed by atoms with Gasteiger partial charge in [-0.1, -0.05) is 42.5 Å². The second-order valence-corrected chi connectivity index (χ2v) is 12.3. The predicted octanol–water partition coefficient (Wildman–Crippen LogP) is 6.70. The number of nitrogens with one attached hydrogen (secondary N) is 1. The van der Waals surface area contributed by atoms with E-state index in [-0.39, 0.29) is 0 Å². The minimum atomic E-state index is 0.484. The lowest BCUT2D eigenvalue weighted by Crippen LogP contribution is -2.66. The van der Waals surface area contributed by atoms with Crippen molar-refractivity contribution in [3.8, 4) is 39.3 Å². The molecule has 1 N–H and O–H groups in total. The second kappa shape index (κ2) is 11.8. The summed E-state index contributed by atoms with van der Waals surface area (Å²) >= 11 is 0. The fourth-order valence-electron chi connectivity index (χ4n) is 7.50. The zero-order chi connectivity index (χ0) is 29.5. The Morgan fingerprint density at radius 3 is 2.45 bits per heavy atom. The van der Waals surface area contributed by atoms with E-state index < -0.39 is 0 Å². The number of pyridine rings is 2. The van der Waals surface area contributed by atoms with Crippen molar-refractivity contribution in [1.82, 2.24) is 19.9 Å². The minimum absolute atomic E-state index is 0.484. The third-order valence-corrected chi connectivity index (χ3v) is 9.78. The van der Waals surface area contributed by atoms with Gasteiger partial charge in [-0.15, -0.1) is 0 Å². The van der Waals surface area contributed by atoms with E-state index in [0.29, 0.717) is 31.3 Å². The topological polar surface area (TPSA) is 72.5 Å². The van der Waals surface area contributed by atoms with Crippen molar-refractivity contribution in [2.75, 3.05) is 33.5 Å². The van der Waals surface area contributed by atoms with Crippen LogP contribution in [0.4, 0.5) is 0 Å². The third-order valence-electron chi connectivity index (χ3n) is 9.78. The molecular formula is C37H38N4O3. The molecule has 2 unspecified atom stereocenters. The van der Waals surface area contributed by atoms with E-state index in [1.54, 1.807) is 13.3 Å². The molecule has 7 nitrogen and oxygen atoms in total. The molecule has 5 aromatic rings. The highest BCUT2D eigenvalue weighted by Gasteiger charge is 2.45. The smallest absolute Gasteiger partial charge is 0.145 e. The standard InChI is InChI=1S/C37H38N4O3/c1-42-15-16-44-35-3-2-14-38-36(35)26-7-5-25(6-8-26)34-21-40-37-33(34)18-29(20-39-37)28-9-4-24-10-12-30(13-11-27(24)17-28)41-31-19-32(41)23-43-22-31/h2-9,14,17-18,20-21,30-32H,10-13,15-16,19,22-23H2,1H3,(H,39,40)/t30-,31?,32?/m0/s1. The van der Waals surface area contributed by atoms with Crippen LogP contribution in [-0.4, -0.2) is 71.5 Å². The van der Waals surface area contributed by atoms with E-state index >= 15 is 0 Å². The highest BCUT2D eigenvalue weighted by Crippen LogP contribution is 2.38. The molecule has 1 aliphatic carbocycles. The normalized spacial score (nSPS) is 21.4. The number of aryl methyl sites for hydroxylation is 2. The average Bonchev–Trinajstić information content (AvgIpc) is 3.39. The van der Waals surface area contributed by atoms with Crippen LogP contribution in [0.15, 0.2) is 79.3 Å². The number of hydrogen-bond donors (Lipinski definition) is 1. The van der Waals surface area contributed by atoms with Crippen LogP contribution >= 0.6 is 0 Å². The number of ether oxygens (including phenoxy) is 3. The van der Waals surface area contributed by atoms with Crippen molar-refractivity contribution in [3.05, 3.63) is 90.4 Å². The van der Waals surface area contributed by atoms with Gasteiger partial charge >= 0.3 is 0 Å². The van der Waals surface area contributed by atoms with E-state index in [2.05, 4.69) is 69.6 Å². The highest BCUT2D eigenvalue weighted by molar-refractivity contribution is 5.96. The fraction of sp³-hybridized carbons (Fsp3) is 0.351. The summed E-state index contributed by atoms with van der Waals surface area (Å²) in [5, 5.41) is 1.12. The van der Waals surface area contributed by atoms with Crippen molar-refractivity contribution in [2.45, 2.75) is 50.2 Å². The molecule has 8 rings (SSSR count). The van der Waals surface area contributed by atoms with Gasteiger partial charge in [-0.2, -0.15) is 0 Å². The van der Waals surface area contributed by atoms with Gasteiger partial charge in [0.1, 0.15) is 23.7 Å². The first-order valence-corrected chi connectivity index (χ1v) is 15.9. The summed E-state index contributed by atoms with van der Waals surface area (Å²) in [4.78, 5) is 15.6. The van der Waals surface area contributed by atoms with Crippen molar-refractivity contribution in [1.29, 1.82) is 0 Å². The first kappa shape index (κ1) is 27.5. The Balaban J connectivity index is 1.03. The van der Waals surface area contributed by atoms with Crippen LogP contribution < -0.4 is 4.74 Å². The maximum absolute atomic E-state index is 5.92. The van der Waals surface area contributed by atoms with Crippen LogP contribution in [0.3, 0.4) is 0 Å². The SMILES string of the molecule is COCCOc1cccnc1-c1ccc(-c2c[nH]c3ncc(-c4ccc5c(c4)CC[C@@H](N4C6COCC4C6)CC5)cc23)cc1. The zero-order valence-corrected chi connectivity index (χ0v) is 25.2. The van der Waals surface area contributed by atoms with Crippen molar-refractivity contribution in [3.63, 3.8) is 0 Å². The Morgan fingerprint density at radius 2 is 1.64 bits per heavy atom. The molecule has 2 saturated heterocycles. The van der Waals surface area contributed by atoms with Gasteiger partial charge in [-0.05, 0) is 72.6 Å². The van der Waals surface area contributed by atoms with E-state index in [4.69, 9.17) is 19.2 Å². The number of aromatic amines is 1. The number of rotatable bonds is 8. The average molecular weight is 587 g/mol. The summed E-state index contributed by atoms with van der Waals surface area (Å²) in [6.45, 7) is 2.85. The van der Waals surface area contributed by atoms with Gasteiger partial charge in [0.15, 0.2) is 0 Å². The number of benzene rings is 2. The molecule has 0 spiro atoms. The minimum Gasteiger partial charge on any atom is -0.489 e. The van der Waals surface area contributed by atoms with E-state index in [1.807, 2.05) is 18.3 Å². The fourth-order valence-corrected chi connectivity index (χ4v) is 7.50. The van der Waals surface area contributed by atoms with Crippen LogP contribution in [-0.2, 0) is 22.3 Å². The largest absolute Gasteiger partial charge is 0.489 e. The number of fused-ring (bicyclic) bond motifs is 4. The van der Waals surface area contributed by atoms with E-state index in [9.17, 15) is 0 Å². The Labute approximate surface area is 258 Å². The molecule has 2 bridgehead atoms. The summed E-state index contributed by atoms with van der Waals surface area (Å²) in [7, 11) is 1.67. The molecule has 5 heterocycles. The van der Waals surface area contributed by atoms with Crippen LogP contribution in [0.2, 0.25) is 0 Å². The van der Waals surface area contributed by atoms with E-state index in [1.165, 1.54) is 36.0 Å². The first-order valence-electron chi connectivity index (χ1n) is 15.9. The molecule has 3 aliphatic rings. The van der Waals surface area contributed by atoms with Crippen molar-refractivity contribution >= 4 is 11.0 Å². The number of hydrogen-bond acceptors (Lipinski definition) is 6. The van der Waals surface area contributed by atoms with Gasteiger partial charge in [-0.25, -0.2) is 4.98 Å². The lowest BCUT2D eigenvalue weighted by molar-refractivity contribution is -0.148. The Morgan fingerprint density at radius 1 is 0.841 bits per heavy atom. The molecule has 7 heteroatoms. The molecule has 2 aliphatic heterocycles. The second-order valence-electron chi connectivity index (χ2n) is 12.3. The number of H-pyrrole nitrogens is 1. The quantitative estimate of drug-likeness (QED) is 0.161. The summed E-state index contributed by atoms with van der Waals surface area (Å²) in [5.41, 5.74) is 10.4. The van der Waals surface area contributed by atoms with Crippen molar-refractivity contribution in [2.24, 2.45) is 0 Å². The van der Waals surface area contributed by atoms with Gasteiger partial charge in [-0.3, -0.25) is 9.88 Å². The molecule has 2 fully saturated rings. The van der Waals surface area contributed by atoms with Crippen LogP contribution in [0.5, 0.6) is 5.75 Å². The first-order chi connectivity index (χ1) is 21.7. The van der Waals surface area contributed by atoms with Gasteiger partial charge in [0, 0.05) is 65.9 Å². The van der Waals surface area contributed by atoms with Gasteiger partial charge in [0.25, 0.3) is 0 Å². The Kier molecular flexibility index (Phi) is 7.38. The molecule has 0 radical (unpaired) electrons. The molecule has 3 atom stereocenters. The molecule has 0 amide bonds. The highest BCUT2D eigenvalue weighted by atomic mass is 16.5.